The summed E-state index contributed by atoms with van der Waals surface area (Å²) in [7, 11) is 0. The zero-order valence-electron chi connectivity index (χ0n) is 9.23. The maximum atomic E-state index is 9.87. The van der Waals surface area contributed by atoms with Crippen LogP contribution in [0.25, 0.3) is 0 Å². The molecule has 0 aliphatic rings. The van der Waals surface area contributed by atoms with E-state index in [1.54, 1.807) is 12.5 Å². The molecular weight excluding hydrogens is 176 g/mol. The molecule has 1 heterocycles. The van der Waals surface area contributed by atoms with Crippen LogP contribution in [0.3, 0.4) is 0 Å². The van der Waals surface area contributed by atoms with Gasteiger partial charge >= 0.3 is 0 Å². The van der Waals surface area contributed by atoms with Crippen molar-refractivity contribution in [1.82, 2.24) is 9.55 Å². The van der Waals surface area contributed by atoms with Crippen LogP contribution in [-0.2, 0) is 0 Å². The van der Waals surface area contributed by atoms with Crippen molar-refractivity contribution in [3.8, 4) is 0 Å². The topological polar surface area (TPSA) is 38.1 Å². The molecule has 3 heteroatoms. The van der Waals surface area contributed by atoms with Crippen molar-refractivity contribution in [2.75, 3.05) is 0 Å². The predicted octanol–water partition coefficient (Wildman–Crippen LogP) is 2.46. The number of nitrogens with zero attached hydrogens (tertiary/aromatic N) is 2. The van der Waals surface area contributed by atoms with Gasteiger partial charge in [-0.3, -0.25) is 0 Å². The third-order valence-corrected chi connectivity index (χ3v) is 2.05. The Hall–Kier alpha value is -1.09. The molecule has 0 aromatic carbocycles. The van der Waals surface area contributed by atoms with Crippen LogP contribution in [-0.4, -0.2) is 14.7 Å². The minimum absolute atomic E-state index is 0.327. The molecule has 1 unspecified atom stereocenters. The lowest BCUT2D eigenvalue weighted by molar-refractivity contribution is 0.215. The van der Waals surface area contributed by atoms with Crippen LogP contribution in [0.2, 0.25) is 0 Å². The molecule has 0 saturated heterocycles. The van der Waals surface area contributed by atoms with Gasteiger partial charge in [-0.2, -0.15) is 0 Å². The van der Waals surface area contributed by atoms with Crippen LogP contribution in [0.15, 0.2) is 24.2 Å². The fourth-order valence-corrected chi connectivity index (χ4v) is 1.38. The van der Waals surface area contributed by atoms with E-state index < -0.39 is 6.10 Å². The lowest BCUT2D eigenvalue weighted by atomic mass is 10.2. The van der Waals surface area contributed by atoms with E-state index in [1.165, 1.54) is 0 Å². The van der Waals surface area contributed by atoms with E-state index in [-0.39, 0.29) is 0 Å². The van der Waals surface area contributed by atoms with E-state index in [2.05, 4.69) is 18.8 Å². The van der Waals surface area contributed by atoms with Crippen LogP contribution < -0.4 is 0 Å². The van der Waals surface area contributed by atoms with Gasteiger partial charge in [-0.05, 0) is 27.7 Å². The molecule has 3 nitrogen and oxygen atoms in total. The molecule has 0 fully saturated rings. The first-order chi connectivity index (χ1) is 6.52. The number of hydrogen-bond donors (Lipinski definition) is 1. The van der Waals surface area contributed by atoms with Gasteiger partial charge in [-0.15, -0.1) is 0 Å². The zero-order valence-corrected chi connectivity index (χ0v) is 9.23. The van der Waals surface area contributed by atoms with Gasteiger partial charge in [-0.25, -0.2) is 4.98 Å². The summed E-state index contributed by atoms with van der Waals surface area (Å²) in [5, 5.41) is 9.87. The number of imidazole rings is 1. The summed E-state index contributed by atoms with van der Waals surface area (Å²) in [6, 6.07) is 0.327. The summed E-state index contributed by atoms with van der Waals surface area (Å²) in [5.41, 5.74) is 1.95. The highest BCUT2D eigenvalue weighted by atomic mass is 16.3. The van der Waals surface area contributed by atoms with Crippen molar-refractivity contribution in [2.45, 2.75) is 39.8 Å². The fraction of sp³-hybridized carbons (Fsp3) is 0.545. The second kappa shape index (κ2) is 4.42. The predicted molar refractivity (Wildman–Crippen MR) is 57.0 cm³/mol. The van der Waals surface area contributed by atoms with Gasteiger partial charge in [0.15, 0.2) is 0 Å². The van der Waals surface area contributed by atoms with Crippen molar-refractivity contribution >= 4 is 0 Å². The van der Waals surface area contributed by atoms with Gasteiger partial charge in [0.05, 0.1) is 18.2 Å². The van der Waals surface area contributed by atoms with Crippen LogP contribution >= 0.6 is 0 Å². The van der Waals surface area contributed by atoms with Gasteiger partial charge in [-0.1, -0.05) is 11.6 Å². The molecule has 1 aromatic rings. The summed E-state index contributed by atoms with van der Waals surface area (Å²) in [4.78, 5) is 4.05. The largest absolute Gasteiger partial charge is 0.383 e. The first-order valence-corrected chi connectivity index (χ1v) is 4.87. The molecule has 0 saturated carbocycles. The smallest absolute Gasteiger partial charge is 0.114 e. The van der Waals surface area contributed by atoms with Crippen molar-refractivity contribution in [3.05, 3.63) is 29.9 Å². The monoisotopic (exact) mass is 194 g/mol. The Labute approximate surface area is 85.1 Å². The number of hydrogen-bond acceptors (Lipinski definition) is 2. The molecule has 0 radical (unpaired) electrons. The maximum Gasteiger partial charge on any atom is 0.114 e. The molecule has 1 N–H and O–H groups in total. The summed E-state index contributed by atoms with van der Waals surface area (Å²) in [6.45, 7) is 8.08. The Bertz CT molecular complexity index is 322. The molecular formula is C11H18N2O. The second-order valence-corrected chi connectivity index (χ2v) is 4.01. The Morgan fingerprint density at radius 3 is 2.64 bits per heavy atom. The minimum Gasteiger partial charge on any atom is -0.383 e. The maximum absolute atomic E-state index is 9.87. The highest BCUT2D eigenvalue weighted by molar-refractivity contribution is 5.13. The highest BCUT2D eigenvalue weighted by Gasteiger charge is 2.11. The first-order valence-electron chi connectivity index (χ1n) is 4.87. The third-order valence-electron chi connectivity index (χ3n) is 2.05. The molecule has 0 spiro atoms. The first kappa shape index (κ1) is 11.0. The molecule has 78 valence electrons. The number of allylic oxidation sites excluding steroid dienone is 1. The van der Waals surface area contributed by atoms with E-state index in [9.17, 15) is 5.11 Å². The molecule has 0 aliphatic heterocycles. The lowest BCUT2D eigenvalue weighted by Gasteiger charge is -2.14. The summed E-state index contributed by atoms with van der Waals surface area (Å²) in [5.74, 6) is 0. The highest BCUT2D eigenvalue weighted by Crippen LogP contribution is 2.18. The number of aliphatic hydroxyl groups excluding tert-OH is 1. The normalized spacial score (nSPS) is 13.0. The Balaban J connectivity index is 2.95. The lowest BCUT2D eigenvalue weighted by Crippen LogP contribution is -2.07. The van der Waals surface area contributed by atoms with Gasteiger partial charge in [0.25, 0.3) is 0 Å². The van der Waals surface area contributed by atoms with Gasteiger partial charge in [0.1, 0.15) is 6.10 Å². The van der Waals surface area contributed by atoms with E-state index in [0.717, 1.165) is 11.3 Å². The van der Waals surface area contributed by atoms with E-state index >= 15 is 0 Å². The van der Waals surface area contributed by atoms with Crippen molar-refractivity contribution < 1.29 is 5.11 Å². The summed E-state index contributed by atoms with van der Waals surface area (Å²) < 4.78 is 1.98. The average Bonchev–Trinajstić information content (AvgIpc) is 2.49. The quantitative estimate of drug-likeness (QED) is 0.750. The summed E-state index contributed by atoms with van der Waals surface area (Å²) >= 11 is 0. The van der Waals surface area contributed by atoms with Crippen LogP contribution in [0, 0.1) is 0 Å². The Kier molecular flexibility index (Phi) is 3.47. The number of rotatable bonds is 3. The van der Waals surface area contributed by atoms with Gasteiger partial charge in [0.2, 0.25) is 0 Å². The third kappa shape index (κ3) is 2.45. The number of aliphatic hydroxyl groups is 1. The van der Waals surface area contributed by atoms with Crippen LogP contribution in [0.4, 0.5) is 0 Å². The Morgan fingerprint density at radius 2 is 2.14 bits per heavy atom. The van der Waals surface area contributed by atoms with Crippen LogP contribution in [0.5, 0.6) is 0 Å². The molecule has 0 bridgehead atoms. The van der Waals surface area contributed by atoms with Crippen LogP contribution in [0.1, 0.15) is 45.5 Å². The van der Waals surface area contributed by atoms with E-state index in [4.69, 9.17) is 0 Å². The number of aromatic nitrogens is 2. The van der Waals surface area contributed by atoms with Crippen molar-refractivity contribution in [3.63, 3.8) is 0 Å². The molecule has 1 aromatic heterocycles. The SMILES string of the molecule is CC(C)=CC(O)c1cncn1C(C)C. The Morgan fingerprint density at radius 1 is 1.50 bits per heavy atom. The average molecular weight is 194 g/mol. The van der Waals surface area contributed by atoms with E-state index in [0.29, 0.717) is 6.04 Å². The molecule has 0 aliphatic carbocycles. The molecule has 14 heavy (non-hydrogen) atoms. The van der Waals surface area contributed by atoms with E-state index in [1.807, 2.05) is 24.5 Å². The van der Waals surface area contributed by atoms with Crippen molar-refractivity contribution in [1.29, 1.82) is 0 Å². The zero-order chi connectivity index (χ0) is 10.7. The fourth-order valence-electron chi connectivity index (χ4n) is 1.38. The molecule has 1 rings (SSSR count). The van der Waals surface area contributed by atoms with Crippen molar-refractivity contribution in [2.24, 2.45) is 0 Å². The minimum atomic E-state index is -0.551. The molecule has 0 amide bonds. The van der Waals surface area contributed by atoms with Gasteiger partial charge in [0, 0.05) is 6.04 Å². The summed E-state index contributed by atoms with van der Waals surface area (Å²) in [6.07, 6.45) is 4.74. The molecule has 1 atom stereocenters. The second-order valence-electron chi connectivity index (χ2n) is 4.01. The van der Waals surface area contributed by atoms with Gasteiger partial charge < -0.3 is 9.67 Å². The standard InChI is InChI=1S/C11H18N2O/c1-8(2)5-11(14)10-6-12-7-13(10)9(3)4/h5-7,9,11,14H,1-4H3.